The number of rotatable bonds is 4. The van der Waals surface area contributed by atoms with Crippen LogP contribution in [0.5, 0.6) is 0 Å². The number of anilines is 1. The highest BCUT2D eigenvalue weighted by molar-refractivity contribution is 5.66. The number of hydrogen-bond donors (Lipinski definition) is 3. The molecule has 3 N–H and O–H groups in total. The average molecular weight is 351 g/mol. The van der Waals surface area contributed by atoms with Crippen molar-refractivity contribution >= 4 is 5.69 Å². The van der Waals surface area contributed by atoms with E-state index in [4.69, 9.17) is 0 Å². The lowest BCUT2D eigenvalue weighted by Gasteiger charge is -2.24. The van der Waals surface area contributed by atoms with Gasteiger partial charge in [-0.05, 0) is 49.1 Å². The molecule has 0 spiro atoms. The minimum atomic E-state index is -0.0107. The van der Waals surface area contributed by atoms with E-state index in [2.05, 4.69) is 57.0 Å². The fraction of sp³-hybridized carbons (Fsp3) is 0.350. The molecule has 26 heavy (non-hydrogen) atoms. The summed E-state index contributed by atoms with van der Waals surface area (Å²) in [4.78, 5) is 17.5. The number of aryl methyl sites for hydroxylation is 2. The number of hydrogen-bond acceptors (Lipinski definition) is 5. The van der Waals surface area contributed by atoms with Gasteiger partial charge in [0.1, 0.15) is 0 Å². The molecule has 2 aromatic rings. The summed E-state index contributed by atoms with van der Waals surface area (Å²) in [6.45, 7) is 6.00. The van der Waals surface area contributed by atoms with Gasteiger partial charge in [-0.25, -0.2) is 0 Å². The Balaban J connectivity index is 1.53. The molecule has 1 aromatic carbocycles. The lowest BCUT2D eigenvalue weighted by Crippen LogP contribution is -2.43. The van der Waals surface area contributed by atoms with Gasteiger partial charge < -0.3 is 15.3 Å². The van der Waals surface area contributed by atoms with Gasteiger partial charge in [-0.1, -0.05) is 19.1 Å². The fourth-order valence-electron chi connectivity index (χ4n) is 3.75. The Labute approximate surface area is 153 Å². The van der Waals surface area contributed by atoms with Crippen molar-refractivity contribution in [3.8, 4) is 11.3 Å². The number of nitrogens with zero attached hydrogens (tertiary/aromatic N) is 2. The van der Waals surface area contributed by atoms with Crippen LogP contribution in [0.4, 0.5) is 5.69 Å². The number of benzene rings is 1. The van der Waals surface area contributed by atoms with Crippen LogP contribution >= 0.6 is 0 Å². The summed E-state index contributed by atoms with van der Waals surface area (Å²) in [7, 11) is 0. The first-order valence-electron chi connectivity index (χ1n) is 9.20. The molecule has 0 amide bonds. The molecule has 1 atom stereocenters. The van der Waals surface area contributed by atoms with E-state index in [1.54, 1.807) is 0 Å². The first-order valence-corrected chi connectivity index (χ1v) is 9.20. The van der Waals surface area contributed by atoms with Crippen LogP contribution in [0.3, 0.4) is 0 Å². The van der Waals surface area contributed by atoms with Gasteiger partial charge in [0.05, 0.1) is 11.7 Å². The van der Waals surface area contributed by atoms with Crippen LogP contribution < -0.4 is 21.4 Å². The molecule has 2 aliphatic heterocycles. The molecular formula is C20H25N5O. The number of pyridine rings is 1. The van der Waals surface area contributed by atoms with Gasteiger partial charge in [0.25, 0.3) is 5.56 Å². The highest BCUT2D eigenvalue weighted by Crippen LogP contribution is 2.27. The number of H-pyrrole nitrogens is 1. The third kappa shape index (κ3) is 3.08. The molecule has 1 unspecified atom stereocenters. The van der Waals surface area contributed by atoms with Crippen LogP contribution in [0.25, 0.3) is 11.3 Å². The van der Waals surface area contributed by atoms with Crippen molar-refractivity contribution < 1.29 is 0 Å². The Morgan fingerprint density at radius 1 is 1.23 bits per heavy atom. The van der Waals surface area contributed by atoms with E-state index in [9.17, 15) is 4.79 Å². The summed E-state index contributed by atoms with van der Waals surface area (Å²) in [5.74, 6) is 0. The zero-order chi connectivity index (χ0) is 18.1. The topological polar surface area (TPSA) is 63.4 Å². The molecule has 1 aromatic heterocycles. The van der Waals surface area contributed by atoms with Crippen molar-refractivity contribution in [2.24, 2.45) is 0 Å². The number of hydrazine groups is 2. The summed E-state index contributed by atoms with van der Waals surface area (Å²) >= 11 is 0. The molecule has 6 nitrogen and oxygen atoms in total. The first-order chi connectivity index (χ1) is 12.7. The zero-order valence-corrected chi connectivity index (χ0v) is 15.2. The van der Waals surface area contributed by atoms with E-state index in [1.807, 2.05) is 25.4 Å². The molecule has 0 bridgehead atoms. The van der Waals surface area contributed by atoms with E-state index in [0.29, 0.717) is 6.04 Å². The standard InChI is InChI=1S/C20H25N5O/c1-3-15-12-14(2)20(26)22-19(15)16-4-6-17(7-5-16)24-10-8-18(13-24)25-11-9-21-23-25/h4-7,9,11-12,18,21,23H,3,8,10,13H2,1-2H3,(H,22,26). The molecule has 3 heterocycles. The molecule has 0 saturated carbocycles. The molecule has 1 fully saturated rings. The van der Waals surface area contributed by atoms with E-state index in [0.717, 1.165) is 42.8 Å². The van der Waals surface area contributed by atoms with Gasteiger partial charge in [-0.15, -0.1) is 5.53 Å². The van der Waals surface area contributed by atoms with E-state index < -0.39 is 0 Å². The van der Waals surface area contributed by atoms with Crippen molar-refractivity contribution in [3.63, 3.8) is 0 Å². The Morgan fingerprint density at radius 3 is 2.73 bits per heavy atom. The fourth-order valence-corrected chi connectivity index (χ4v) is 3.75. The van der Waals surface area contributed by atoms with Crippen molar-refractivity contribution in [2.75, 3.05) is 18.0 Å². The van der Waals surface area contributed by atoms with Gasteiger partial charge in [-0.2, -0.15) is 0 Å². The summed E-state index contributed by atoms with van der Waals surface area (Å²) in [5, 5.41) is 2.12. The Morgan fingerprint density at radius 2 is 2.04 bits per heavy atom. The Hall–Kier alpha value is -2.73. The maximum absolute atomic E-state index is 12.0. The van der Waals surface area contributed by atoms with Gasteiger partial charge in [0, 0.05) is 36.7 Å². The van der Waals surface area contributed by atoms with Crippen molar-refractivity contribution in [1.82, 2.24) is 21.0 Å². The van der Waals surface area contributed by atoms with E-state index >= 15 is 0 Å². The first kappa shape index (κ1) is 16.7. The predicted octanol–water partition coefficient (Wildman–Crippen LogP) is 2.29. The van der Waals surface area contributed by atoms with Crippen LogP contribution in [0.2, 0.25) is 0 Å². The summed E-state index contributed by atoms with van der Waals surface area (Å²) in [5.41, 5.74) is 11.3. The third-order valence-electron chi connectivity index (χ3n) is 5.28. The van der Waals surface area contributed by atoms with E-state index in [1.165, 1.54) is 11.3 Å². The normalized spacial score (nSPS) is 19.2. The number of nitrogens with one attached hydrogen (secondary N) is 3. The molecule has 1 saturated heterocycles. The molecule has 0 aliphatic carbocycles. The van der Waals surface area contributed by atoms with Crippen LogP contribution in [0.15, 0.2) is 47.5 Å². The second-order valence-electron chi connectivity index (χ2n) is 6.95. The summed E-state index contributed by atoms with van der Waals surface area (Å²) in [6, 6.07) is 11.0. The minimum Gasteiger partial charge on any atom is -0.369 e. The second-order valence-corrected chi connectivity index (χ2v) is 6.95. The molecule has 2 aliphatic rings. The van der Waals surface area contributed by atoms with E-state index in [-0.39, 0.29) is 5.56 Å². The Kier molecular flexibility index (Phi) is 4.42. The maximum atomic E-state index is 12.0. The largest absolute Gasteiger partial charge is 0.369 e. The molecular weight excluding hydrogens is 326 g/mol. The maximum Gasteiger partial charge on any atom is 0.251 e. The van der Waals surface area contributed by atoms with Gasteiger partial charge >= 0.3 is 0 Å². The van der Waals surface area contributed by atoms with Gasteiger partial charge in [-0.3, -0.25) is 9.80 Å². The minimum absolute atomic E-state index is 0.0107. The zero-order valence-electron chi connectivity index (χ0n) is 15.2. The number of aromatic nitrogens is 1. The molecule has 0 radical (unpaired) electrons. The molecule has 4 rings (SSSR count). The van der Waals surface area contributed by atoms with Crippen molar-refractivity contribution in [2.45, 2.75) is 32.7 Å². The molecule has 6 heteroatoms. The Bertz CT molecular complexity index is 871. The monoisotopic (exact) mass is 351 g/mol. The summed E-state index contributed by atoms with van der Waals surface area (Å²) in [6.07, 6.45) is 5.96. The third-order valence-corrected chi connectivity index (χ3v) is 5.28. The van der Waals surface area contributed by atoms with Crippen molar-refractivity contribution in [3.05, 3.63) is 64.2 Å². The van der Waals surface area contributed by atoms with Crippen LogP contribution in [0, 0.1) is 6.92 Å². The number of aromatic amines is 1. The van der Waals surface area contributed by atoms with Crippen molar-refractivity contribution in [1.29, 1.82) is 0 Å². The van der Waals surface area contributed by atoms with Crippen LogP contribution in [0.1, 0.15) is 24.5 Å². The quantitative estimate of drug-likeness (QED) is 0.789. The second kappa shape index (κ2) is 6.88. The molecule has 136 valence electrons. The lowest BCUT2D eigenvalue weighted by molar-refractivity contribution is 0.210. The van der Waals surface area contributed by atoms with Crippen LogP contribution in [-0.4, -0.2) is 29.1 Å². The van der Waals surface area contributed by atoms with Crippen LogP contribution in [-0.2, 0) is 6.42 Å². The highest BCUT2D eigenvalue weighted by Gasteiger charge is 2.27. The smallest absolute Gasteiger partial charge is 0.251 e. The van der Waals surface area contributed by atoms with Gasteiger partial charge in [0.15, 0.2) is 0 Å². The highest BCUT2D eigenvalue weighted by atomic mass is 16.1. The summed E-state index contributed by atoms with van der Waals surface area (Å²) < 4.78 is 0. The SMILES string of the molecule is CCc1cc(C)c(=O)[nH]c1-c1ccc(N2CCC(N3C=CNN3)C2)cc1. The van der Waals surface area contributed by atoms with Gasteiger partial charge in [0.2, 0.25) is 0 Å². The predicted molar refractivity (Wildman–Crippen MR) is 104 cm³/mol. The average Bonchev–Trinajstić information content (AvgIpc) is 3.35. The lowest BCUT2D eigenvalue weighted by atomic mass is 10.0.